The second-order valence-electron chi connectivity index (χ2n) is 19.3. The van der Waals surface area contributed by atoms with Gasteiger partial charge in [0, 0.05) is 12.8 Å². The van der Waals surface area contributed by atoms with E-state index in [-0.39, 0.29) is 19.4 Å². The molecule has 1 aliphatic rings. The Morgan fingerprint density at radius 1 is 0.582 bits per heavy atom. The van der Waals surface area contributed by atoms with Crippen LogP contribution in [0.2, 0.25) is 0 Å². The van der Waals surface area contributed by atoms with Crippen LogP contribution in [0.5, 0.6) is 0 Å². The molecule has 0 saturated carbocycles. The molecular formula is C56H103NO10. The molecular weight excluding hydrogens is 847 g/mol. The fourth-order valence-corrected chi connectivity index (χ4v) is 8.58. The van der Waals surface area contributed by atoms with Crippen molar-refractivity contribution in [3.63, 3.8) is 0 Å². The molecule has 8 atom stereocenters. The molecule has 67 heavy (non-hydrogen) atoms. The third-order valence-corrected chi connectivity index (χ3v) is 13.1. The maximum absolute atomic E-state index is 13.3. The Balaban J connectivity index is 2.80. The SMILES string of the molecule is CCCCCCCC/C=C\C/C=C/CC(O)C(=O)NC(COC1OC(CO)C(O)C(O)C1OC(=O)CCCCCCCCCCCCCCC)C(O)/C=C/CCCCCCCCCCCCC. The Morgan fingerprint density at radius 3 is 1.52 bits per heavy atom. The normalized spacial score (nSPS) is 20.3. The van der Waals surface area contributed by atoms with Crippen LogP contribution in [0.15, 0.2) is 36.5 Å². The molecule has 0 aliphatic carbocycles. The summed E-state index contributed by atoms with van der Waals surface area (Å²) < 4.78 is 17.5. The Kier molecular flexibility index (Phi) is 42.3. The van der Waals surface area contributed by atoms with Crippen molar-refractivity contribution in [2.24, 2.45) is 0 Å². The predicted molar refractivity (Wildman–Crippen MR) is 274 cm³/mol. The van der Waals surface area contributed by atoms with Gasteiger partial charge in [0.25, 0.3) is 0 Å². The molecule has 1 saturated heterocycles. The third kappa shape index (κ3) is 34.0. The molecule has 0 bridgehead atoms. The molecule has 8 unspecified atom stereocenters. The minimum absolute atomic E-state index is 0.0841. The molecule has 1 fully saturated rings. The van der Waals surface area contributed by atoms with Crippen LogP contribution in [-0.4, -0.2) is 99.6 Å². The molecule has 11 nitrogen and oxygen atoms in total. The number of unbranched alkanes of at least 4 members (excludes halogenated alkanes) is 29. The van der Waals surface area contributed by atoms with Gasteiger partial charge in [0.15, 0.2) is 12.4 Å². The highest BCUT2D eigenvalue weighted by molar-refractivity contribution is 5.81. The molecule has 0 radical (unpaired) electrons. The van der Waals surface area contributed by atoms with Gasteiger partial charge in [-0.15, -0.1) is 0 Å². The van der Waals surface area contributed by atoms with Gasteiger partial charge in [-0.05, 0) is 38.5 Å². The third-order valence-electron chi connectivity index (χ3n) is 13.1. The molecule has 1 heterocycles. The summed E-state index contributed by atoms with van der Waals surface area (Å²) in [7, 11) is 0. The van der Waals surface area contributed by atoms with Crippen molar-refractivity contribution in [3.8, 4) is 0 Å². The van der Waals surface area contributed by atoms with Crippen LogP contribution in [0, 0.1) is 0 Å². The van der Waals surface area contributed by atoms with E-state index < -0.39 is 67.4 Å². The van der Waals surface area contributed by atoms with Crippen molar-refractivity contribution in [1.82, 2.24) is 5.32 Å². The first kappa shape index (κ1) is 62.9. The van der Waals surface area contributed by atoms with E-state index in [0.29, 0.717) is 12.8 Å². The van der Waals surface area contributed by atoms with Gasteiger partial charge in [0.05, 0.1) is 25.4 Å². The van der Waals surface area contributed by atoms with Crippen molar-refractivity contribution in [3.05, 3.63) is 36.5 Å². The standard InChI is InChI=1S/C56H103NO10/c1-4-7-10-13-16-19-22-25-28-30-33-36-39-42-48(59)47(57-55(64)49(60)43-40-37-34-31-27-24-21-18-15-12-9-6-3)46-65-56-54(53(63)52(62)50(45-58)66-56)67-51(61)44-41-38-35-32-29-26-23-20-17-14-11-8-5-2/h27,31,37,39-40,42,47-50,52-54,56,58-60,62-63H,4-26,28-30,32-36,38,41,43-46H2,1-3H3,(H,57,64)/b31-27-,40-37+,42-39+. The lowest BCUT2D eigenvalue weighted by Gasteiger charge is -2.41. The summed E-state index contributed by atoms with van der Waals surface area (Å²) in [6.07, 6.45) is 40.7. The number of amides is 1. The van der Waals surface area contributed by atoms with Crippen molar-refractivity contribution >= 4 is 11.9 Å². The zero-order chi connectivity index (χ0) is 49.0. The van der Waals surface area contributed by atoms with E-state index in [1.165, 1.54) is 154 Å². The average Bonchev–Trinajstić information content (AvgIpc) is 3.32. The fraction of sp³-hybridized carbons (Fsp3) is 0.857. The number of rotatable bonds is 46. The van der Waals surface area contributed by atoms with Crippen LogP contribution >= 0.6 is 0 Å². The van der Waals surface area contributed by atoms with Crippen molar-refractivity contribution < 1.29 is 49.3 Å². The first-order chi connectivity index (χ1) is 32.7. The minimum Gasteiger partial charge on any atom is -0.454 e. The van der Waals surface area contributed by atoms with Crippen molar-refractivity contribution in [2.45, 2.75) is 294 Å². The zero-order valence-corrected chi connectivity index (χ0v) is 43.0. The van der Waals surface area contributed by atoms with Crippen LogP contribution in [0.1, 0.15) is 245 Å². The topological polar surface area (TPSA) is 175 Å². The molecule has 0 aromatic rings. The summed E-state index contributed by atoms with van der Waals surface area (Å²) in [5.41, 5.74) is 0. The molecule has 392 valence electrons. The Labute approximate surface area is 409 Å². The van der Waals surface area contributed by atoms with E-state index in [4.69, 9.17) is 14.2 Å². The van der Waals surface area contributed by atoms with Gasteiger partial charge in [-0.3, -0.25) is 9.59 Å². The number of carbonyl (C=O) groups is 2. The lowest BCUT2D eigenvalue weighted by Crippen LogP contribution is -2.61. The van der Waals surface area contributed by atoms with Gasteiger partial charge >= 0.3 is 5.97 Å². The van der Waals surface area contributed by atoms with Crippen molar-refractivity contribution in [1.29, 1.82) is 0 Å². The van der Waals surface area contributed by atoms with Gasteiger partial charge < -0.3 is 45.1 Å². The Bertz CT molecular complexity index is 1230. The van der Waals surface area contributed by atoms with E-state index in [2.05, 4.69) is 38.2 Å². The van der Waals surface area contributed by atoms with E-state index >= 15 is 0 Å². The second kappa shape index (κ2) is 45.0. The molecule has 0 aromatic carbocycles. The van der Waals surface area contributed by atoms with E-state index in [9.17, 15) is 35.1 Å². The van der Waals surface area contributed by atoms with Crippen LogP contribution in [0.25, 0.3) is 0 Å². The maximum Gasteiger partial charge on any atom is 0.306 e. The monoisotopic (exact) mass is 950 g/mol. The number of hydrogen-bond acceptors (Lipinski definition) is 10. The van der Waals surface area contributed by atoms with Gasteiger partial charge in [0.2, 0.25) is 5.91 Å². The smallest absolute Gasteiger partial charge is 0.306 e. The summed E-state index contributed by atoms with van der Waals surface area (Å²) in [4.78, 5) is 26.3. The number of esters is 1. The van der Waals surface area contributed by atoms with E-state index in [1.54, 1.807) is 12.2 Å². The minimum atomic E-state index is -1.62. The van der Waals surface area contributed by atoms with Crippen LogP contribution in [0.3, 0.4) is 0 Å². The summed E-state index contributed by atoms with van der Waals surface area (Å²) in [5.74, 6) is -1.26. The lowest BCUT2D eigenvalue weighted by atomic mass is 9.99. The fourth-order valence-electron chi connectivity index (χ4n) is 8.58. The van der Waals surface area contributed by atoms with E-state index in [0.717, 1.165) is 44.9 Å². The van der Waals surface area contributed by atoms with Gasteiger partial charge in [-0.25, -0.2) is 0 Å². The number of aliphatic hydroxyl groups excluding tert-OH is 5. The van der Waals surface area contributed by atoms with Gasteiger partial charge in [-0.2, -0.15) is 0 Å². The molecule has 0 spiro atoms. The zero-order valence-electron chi connectivity index (χ0n) is 43.0. The van der Waals surface area contributed by atoms with E-state index in [1.807, 2.05) is 12.2 Å². The summed E-state index contributed by atoms with van der Waals surface area (Å²) in [6.45, 7) is 5.72. The Hall–Kier alpha value is -2.12. The summed E-state index contributed by atoms with van der Waals surface area (Å²) >= 11 is 0. The highest BCUT2D eigenvalue weighted by Gasteiger charge is 2.47. The summed E-state index contributed by atoms with van der Waals surface area (Å²) in [5, 5.41) is 56.6. The number of allylic oxidation sites excluding steroid dienone is 4. The quantitative estimate of drug-likeness (QED) is 0.0196. The number of ether oxygens (including phenoxy) is 3. The largest absolute Gasteiger partial charge is 0.454 e. The predicted octanol–water partition coefficient (Wildman–Crippen LogP) is 11.9. The number of aliphatic hydroxyl groups is 5. The van der Waals surface area contributed by atoms with Gasteiger partial charge in [-0.1, -0.05) is 231 Å². The molecule has 11 heteroatoms. The number of nitrogens with one attached hydrogen (secondary N) is 1. The van der Waals surface area contributed by atoms with Crippen LogP contribution in [-0.2, 0) is 23.8 Å². The highest BCUT2D eigenvalue weighted by Crippen LogP contribution is 2.26. The second-order valence-corrected chi connectivity index (χ2v) is 19.3. The van der Waals surface area contributed by atoms with Crippen molar-refractivity contribution in [2.75, 3.05) is 13.2 Å². The number of carbonyl (C=O) groups excluding carboxylic acids is 2. The first-order valence-corrected chi connectivity index (χ1v) is 27.8. The van der Waals surface area contributed by atoms with Crippen LogP contribution < -0.4 is 5.32 Å². The molecule has 0 aromatic heterocycles. The molecule has 1 rings (SSSR count). The molecule has 1 amide bonds. The van der Waals surface area contributed by atoms with Crippen LogP contribution in [0.4, 0.5) is 0 Å². The lowest BCUT2D eigenvalue weighted by molar-refractivity contribution is -0.305. The molecule has 6 N–H and O–H groups in total. The summed E-state index contributed by atoms with van der Waals surface area (Å²) in [6, 6.07) is -1.05. The molecule has 1 aliphatic heterocycles. The average molecular weight is 950 g/mol. The first-order valence-electron chi connectivity index (χ1n) is 27.8. The Morgan fingerprint density at radius 2 is 1.03 bits per heavy atom. The highest BCUT2D eigenvalue weighted by atomic mass is 16.7. The van der Waals surface area contributed by atoms with Gasteiger partial charge in [0.1, 0.15) is 24.4 Å². The number of hydrogen-bond donors (Lipinski definition) is 6. The maximum atomic E-state index is 13.3.